The van der Waals surface area contributed by atoms with E-state index in [0.717, 1.165) is 30.0 Å². The Morgan fingerprint density at radius 3 is 2.87 bits per heavy atom. The van der Waals surface area contributed by atoms with Crippen molar-refractivity contribution in [3.05, 3.63) is 17.6 Å². The average Bonchev–Trinajstić information content (AvgIpc) is 2.20. The molecule has 1 aromatic rings. The molecule has 0 bridgehead atoms. The van der Waals surface area contributed by atoms with Crippen molar-refractivity contribution in [2.75, 3.05) is 11.9 Å². The number of hydrogen-bond donors (Lipinski definition) is 2. The molecule has 0 spiro atoms. The first-order valence-corrected chi connectivity index (χ1v) is 5.31. The van der Waals surface area contributed by atoms with E-state index in [1.165, 1.54) is 0 Å². The Bertz CT molecular complexity index is 315. The van der Waals surface area contributed by atoms with Gasteiger partial charge in [0.1, 0.15) is 5.82 Å². The maximum absolute atomic E-state index is 8.72. The topological polar surface area (TPSA) is 58.0 Å². The number of aliphatic hydroxyl groups is 1. The van der Waals surface area contributed by atoms with E-state index in [0.29, 0.717) is 6.04 Å². The van der Waals surface area contributed by atoms with Gasteiger partial charge < -0.3 is 10.4 Å². The van der Waals surface area contributed by atoms with E-state index in [4.69, 9.17) is 5.11 Å². The van der Waals surface area contributed by atoms with Crippen LogP contribution in [0.25, 0.3) is 0 Å². The van der Waals surface area contributed by atoms with Crippen LogP contribution in [0.15, 0.2) is 6.20 Å². The molecule has 0 amide bonds. The molecule has 0 saturated carbocycles. The van der Waals surface area contributed by atoms with Gasteiger partial charge in [-0.15, -0.1) is 0 Å². The van der Waals surface area contributed by atoms with Crippen molar-refractivity contribution in [1.29, 1.82) is 0 Å². The normalized spacial score (nSPS) is 12.5. The molecule has 0 radical (unpaired) electrons. The Morgan fingerprint density at radius 1 is 1.47 bits per heavy atom. The lowest BCUT2D eigenvalue weighted by Crippen LogP contribution is -2.17. The molecule has 4 nitrogen and oxygen atoms in total. The van der Waals surface area contributed by atoms with Crippen LogP contribution in [0, 0.1) is 13.8 Å². The Hall–Kier alpha value is -1.16. The van der Waals surface area contributed by atoms with Crippen LogP contribution in [0.2, 0.25) is 0 Å². The largest absolute Gasteiger partial charge is 0.396 e. The molecule has 0 saturated heterocycles. The summed E-state index contributed by atoms with van der Waals surface area (Å²) >= 11 is 0. The second-order valence-corrected chi connectivity index (χ2v) is 3.86. The van der Waals surface area contributed by atoms with Crippen LogP contribution in [0.4, 0.5) is 5.82 Å². The van der Waals surface area contributed by atoms with Crippen molar-refractivity contribution in [1.82, 2.24) is 9.97 Å². The monoisotopic (exact) mass is 209 g/mol. The van der Waals surface area contributed by atoms with Gasteiger partial charge in [0.15, 0.2) is 0 Å². The minimum absolute atomic E-state index is 0.241. The summed E-state index contributed by atoms with van der Waals surface area (Å²) in [7, 11) is 0. The minimum atomic E-state index is 0.241. The SMILES string of the molecule is Cc1cnc(C)c(NC(C)CCCO)n1. The number of aromatic nitrogens is 2. The molecule has 84 valence electrons. The van der Waals surface area contributed by atoms with Crippen molar-refractivity contribution < 1.29 is 5.11 Å². The molecule has 0 aliphatic rings. The molecule has 2 N–H and O–H groups in total. The predicted molar refractivity (Wildman–Crippen MR) is 60.9 cm³/mol. The van der Waals surface area contributed by atoms with Gasteiger partial charge in [-0.3, -0.25) is 4.98 Å². The fourth-order valence-corrected chi connectivity index (χ4v) is 1.38. The third kappa shape index (κ3) is 3.83. The Morgan fingerprint density at radius 2 is 2.20 bits per heavy atom. The molecule has 0 aliphatic carbocycles. The molecule has 0 fully saturated rings. The van der Waals surface area contributed by atoms with Gasteiger partial charge in [-0.25, -0.2) is 4.98 Å². The maximum Gasteiger partial charge on any atom is 0.147 e. The summed E-state index contributed by atoms with van der Waals surface area (Å²) in [6.07, 6.45) is 3.51. The second-order valence-electron chi connectivity index (χ2n) is 3.86. The first kappa shape index (κ1) is 11.9. The van der Waals surface area contributed by atoms with E-state index in [1.807, 2.05) is 13.8 Å². The molecular formula is C11H19N3O. The summed E-state index contributed by atoms with van der Waals surface area (Å²) in [4.78, 5) is 8.62. The third-order valence-electron chi connectivity index (χ3n) is 2.25. The molecule has 1 unspecified atom stereocenters. The Kier molecular flexibility index (Phi) is 4.49. The average molecular weight is 209 g/mol. The van der Waals surface area contributed by atoms with Gasteiger partial charge in [-0.05, 0) is 33.6 Å². The van der Waals surface area contributed by atoms with E-state index in [1.54, 1.807) is 6.20 Å². The van der Waals surface area contributed by atoms with Crippen LogP contribution >= 0.6 is 0 Å². The smallest absolute Gasteiger partial charge is 0.147 e. The highest BCUT2D eigenvalue weighted by atomic mass is 16.2. The van der Waals surface area contributed by atoms with Gasteiger partial charge >= 0.3 is 0 Å². The first-order chi connectivity index (χ1) is 7.13. The molecule has 1 heterocycles. The molecule has 15 heavy (non-hydrogen) atoms. The lowest BCUT2D eigenvalue weighted by molar-refractivity contribution is 0.282. The molecular weight excluding hydrogens is 190 g/mol. The van der Waals surface area contributed by atoms with Crippen LogP contribution in [0.1, 0.15) is 31.2 Å². The van der Waals surface area contributed by atoms with Gasteiger partial charge in [0.05, 0.1) is 11.4 Å². The molecule has 0 aromatic carbocycles. The lowest BCUT2D eigenvalue weighted by Gasteiger charge is -2.15. The van der Waals surface area contributed by atoms with Crippen LogP contribution in [0.5, 0.6) is 0 Å². The van der Waals surface area contributed by atoms with Crippen molar-refractivity contribution >= 4 is 5.82 Å². The van der Waals surface area contributed by atoms with Crippen LogP contribution in [-0.4, -0.2) is 27.7 Å². The van der Waals surface area contributed by atoms with E-state index in [9.17, 15) is 0 Å². The van der Waals surface area contributed by atoms with Crippen LogP contribution in [-0.2, 0) is 0 Å². The molecule has 1 atom stereocenters. The highest BCUT2D eigenvalue weighted by Gasteiger charge is 2.06. The summed E-state index contributed by atoms with van der Waals surface area (Å²) in [5, 5.41) is 12.0. The first-order valence-electron chi connectivity index (χ1n) is 5.31. The maximum atomic E-state index is 8.72. The van der Waals surface area contributed by atoms with Gasteiger partial charge in [0.2, 0.25) is 0 Å². The highest BCUT2D eigenvalue weighted by Crippen LogP contribution is 2.11. The molecule has 1 aromatic heterocycles. The van der Waals surface area contributed by atoms with Gasteiger partial charge in [-0.1, -0.05) is 0 Å². The summed E-state index contributed by atoms with van der Waals surface area (Å²) in [5.74, 6) is 0.848. The van der Waals surface area contributed by atoms with E-state index in [-0.39, 0.29) is 6.61 Å². The van der Waals surface area contributed by atoms with E-state index in [2.05, 4.69) is 22.2 Å². The van der Waals surface area contributed by atoms with Gasteiger partial charge in [0, 0.05) is 18.8 Å². The van der Waals surface area contributed by atoms with Crippen LogP contribution < -0.4 is 5.32 Å². The molecule has 4 heteroatoms. The number of nitrogens with zero attached hydrogens (tertiary/aromatic N) is 2. The van der Waals surface area contributed by atoms with E-state index >= 15 is 0 Å². The molecule has 0 aliphatic heterocycles. The summed E-state index contributed by atoms with van der Waals surface area (Å²) in [6, 6.07) is 0.312. The van der Waals surface area contributed by atoms with Crippen LogP contribution in [0.3, 0.4) is 0 Å². The van der Waals surface area contributed by atoms with Crippen molar-refractivity contribution in [2.45, 2.75) is 39.7 Å². The summed E-state index contributed by atoms with van der Waals surface area (Å²) in [5.41, 5.74) is 1.83. The minimum Gasteiger partial charge on any atom is -0.396 e. The number of aliphatic hydroxyl groups excluding tert-OH is 1. The lowest BCUT2D eigenvalue weighted by atomic mass is 10.2. The Balaban J connectivity index is 2.59. The van der Waals surface area contributed by atoms with Crippen molar-refractivity contribution in [2.24, 2.45) is 0 Å². The standard InChI is InChI=1S/C11H19N3O/c1-8(5-4-6-15)13-11-10(3)12-7-9(2)14-11/h7-8,15H,4-6H2,1-3H3,(H,13,14). The zero-order valence-corrected chi connectivity index (χ0v) is 9.62. The van der Waals surface area contributed by atoms with E-state index < -0.39 is 0 Å². The number of hydrogen-bond acceptors (Lipinski definition) is 4. The van der Waals surface area contributed by atoms with Crippen molar-refractivity contribution in [3.8, 4) is 0 Å². The Labute approximate surface area is 90.8 Å². The van der Waals surface area contributed by atoms with Crippen molar-refractivity contribution in [3.63, 3.8) is 0 Å². The number of nitrogens with one attached hydrogen (secondary N) is 1. The zero-order valence-electron chi connectivity index (χ0n) is 9.62. The fourth-order valence-electron chi connectivity index (χ4n) is 1.38. The predicted octanol–water partition coefficient (Wildman–Crippen LogP) is 1.67. The molecule has 1 rings (SSSR count). The van der Waals surface area contributed by atoms with Gasteiger partial charge in [0.25, 0.3) is 0 Å². The fraction of sp³-hybridized carbons (Fsp3) is 0.636. The quantitative estimate of drug-likeness (QED) is 0.774. The summed E-state index contributed by atoms with van der Waals surface area (Å²) < 4.78 is 0. The number of anilines is 1. The second kappa shape index (κ2) is 5.66. The highest BCUT2D eigenvalue weighted by molar-refractivity contribution is 5.40. The zero-order chi connectivity index (χ0) is 11.3. The summed E-state index contributed by atoms with van der Waals surface area (Å²) in [6.45, 7) is 6.19. The van der Waals surface area contributed by atoms with Gasteiger partial charge in [-0.2, -0.15) is 0 Å². The number of aryl methyl sites for hydroxylation is 2. The third-order valence-corrected chi connectivity index (χ3v) is 2.25. The number of rotatable bonds is 5.